The summed E-state index contributed by atoms with van der Waals surface area (Å²) in [5.41, 5.74) is 1.06. The lowest BCUT2D eigenvalue weighted by molar-refractivity contribution is -0.163. The molecule has 1 aromatic heterocycles. The molecule has 0 aliphatic carbocycles. The van der Waals surface area contributed by atoms with E-state index in [1.54, 1.807) is 16.5 Å². The molecule has 3 amide bonds. The molecule has 0 radical (unpaired) electrons. The fraction of sp³-hybridized carbons (Fsp3) is 0.676. The van der Waals surface area contributed by atoms with E-state index >= 15 is 0 Å². The molecule has 3 atom stereocenters. The Morgan fingerprint density at radius 1 is 0.891 bits per heavy atom. The molecule has 0 bridgehead atoms. The number of likely N-dealkylation sites (tertiary alicyclic amines) is 2. The SMILES string of the molecule is Cn1c(=O)n(C2CCC(=O)NC2=O)c2ccc(C3CCN(CC4CCN(C(=O)OC(C)(C)C)C(C(=O)OC(C)(C)C)C4)CC3)cc21. The van der Waals surface area contributed by atoms with Crippen molar-refractivity contribution in [3.05, 3.63) is 34.2 Å². The summed E-state index contributed by atoms with van der Waals surface area (Å²) in [6, 6.07) is 4.67. The van der Waals surface area contributed by atoms with Crippen molar-refractivity contribution in [3.63, 3.8) is 0 Å². The molecule has 4 heterocycles. The average molecular weight is 640 g/mol. The number of carbonyl (C=O) groups excluding carboxylic acids is 4. The molecule has 46 heavy (non-hydrogen) atoms. The van der Waals surface area contributed by atoms with Crippen molar-refractivity contribution in [2.75, 3.05) is 26.2 Å². The van der Waals surface area contributed by atoms with Crippen molar-refractivity contribution in [2.24, 2.45) is 13.0 Å². The highest BCUT2D eigenvalue weighted by Crippen LogP contribution is 2.33. The molecular formula is C34H49N5O7. The summed E-state index contributed by atoms with van der Waals surface area (Å²) >= 11 is 0. The normalized spacial score (nSPS) is 23.8. The van der Waals surface area contributed by atoms with Gasteiger partial charge in [0.05, 0.1) is 11.0 Å². The zero-order valence-electron chi connectivity index (χ0n) is 28.3. The predicted molar refractivity (Wildman–Crippen MR) is 172 cm³/mol. The first-order valence-corrected chi connectivity index (χ1v) is 16.5. The highest BCUT2D eigenvalue weighted by atomic mass is 16.6. The quantitative estimate of drug-likeness (QED) is 0.386. The van der Waals surface area contributed by atoms with Crippen LogP contribution in [0.1, 0.15) is 97.6 Å². The van der Waals surface area contributed by atoms with E-state index in [2.05, 4.69) is 22.3 Å². The maximum atomic E-state index is 13.2. The number of fused-ring (bicyclic) bond motifs is 1. The van der Waals surface area contributed by atoms with Crippen molar-refractivity contribution in [1.29, 1.82) is 0 Å². The smallest absolute Gasteiger partial charge is 0.411 e. The summed E-state index contributed by atoms with van der Waals surface area (Å²) in [5, 5.41) is 2.36. The number of imidazole rings is 1. The van der Waals surface area contributed by atoms with E-state index in [0.29, 0.717) is 30.8 Å². The summed E-state index contributed by atoms with van der Waals surface area (Å²) in [6.07, 6.45) is 3.27. The number of carbonyl (C=O) groups is 4. The fourth-order valence-corrected chi connectivity index (χ4v) is 7.01. The number of amides is 3. The number of piperidine rings is 3. The molecule has 3 fully saturated rings. The van der Waals surface area contributed by atoms with E-state index < -0.39 is 41.3 Å². The zero-order valence-corrected chi connectivity index (χ0v) is 28.3. The first kappa shape index (κ1) is 33.7. The van der Waals surface area contributed by atoms with Gasteiger partial charge in [-0.2, -0.15) is 0 Å². The molecule has 252 valence electrons. The molecule has 3 aliphatic heterocycles. The Kier molecular flexibility index (Phi) is 9.41. The Labute approximate surface area is 270 Å². The van der Waals surface area contributed by atoms with E-state index in [0.717, 1.165) is 44.4 Å². The number of esters is 1. The van der Waals surface area contributed by atoms with Gasteiger partial charge in [0.15, 0.2) is 0 Å². The van der Waals surface area contributed by atoms with Crippen LogP contribution in [0.4, 0.5) is 4.79 Å². The monoisotopic (exact) mass is 639 g/mol. The van der Waals surface area contributed by atoms with Crippen molar-refractivity contribution in [2.45, 2.75) is 109 Å². The van der Waals surface area contributed by atoms with Crippen LogP contribution in [0.5, 0.6) is 0 Å². The zero-order chi connectivity index (χ0) is 33.6. The van der Waals surface area contributed by atoms with Gasteiger partial charge < -0.3 is 14.4 Å². The molecule has 3 saturated heterocycles. The Morgan fingerprint density at radius 3 is 2.20 bits per heavy atom. The van der Waals surface area contributed by atoms with Crippen LogP contribution in [-0.2, 0) is 30.9 Å². The van der Waals surface area contributed by atoms with E-state index in [1.807, 2.05) is 47.6 Å². The van der Waals surface area contributed by atoms with Crippen LogP contribution in [0, 0.1) is 5.92 Å². The summed E-state index contributed by atoms with van der Waals surface area (Å²) < 4.78 is 14.5. The standard InChI is InChI=1S/C34H49N5O7/c1-33(2,3)45-30(42)27-18-21(12-17-38(27)32(44)46-34(4,5)6)20-37-15-13-22(14-16-37)23-8-9-24-26(19-23)36(7)31(43)39(24)25-10-11-28(40)35-29(25)41/h8-9,19,21-22,25,27H,10-18,20H2,1-7H3,(H,35,40,41). The van der Waals surface area contributed by atoms with Gasteiger partial charge in [-0.15, -0.1) is 0 Å². The number of aromatic nitrogens is 2. The second-order valence-electron chi connectivity index (χ2n) is 15.1. The van der Waals surface area contributed by atoms with Crippen molar-refractivity contribution < 1.29 is 28.7 Å². The van der Waals surface area contributed by atoms with E-state index in [9.17, 15) is 24.0 Å². The number of nitrogens with one attached hydrogen (secondary N) is 1. The molecule has 3 unspecified atom stereocenters. The number of benzene rings is 1. The lowest BCUT2D eigenvalue weighted by Gasteiger charge is -2.41. The van der Waals surface area contributed by atoms with Gasteiger partial charge in [-0.25, -0.2) is 14.4 Å². The molecule has 0 spiro atoms. The van der Waals surface area contributed by atoms with Crippen molar-refractivity contribution in [1.82, 2.24) is 24.3 Å². The second-order valence-corrected chi connectivity index (χ2v) is 15.1. The molecular weight excluding hydrogens is 590 g/mol. The minimum atomic E-state index is -0.700. The average Bonchev–Trinajstić information content (AvgIpc) is 3.20. The first-order valence-electron chi connectivity index (χ1n) is 16.5. The van der Waals surface area contributed by atoms with Crippen LogP contribution in [0.15, 0.2) is 23.0 Å². The van der Waals surface area contributed by atoms with Gasteiger partial charge in [-0.05, 0) is 116 Å². The van der Waals surface area contributed by atoms with Crippen LogP contribution in [-0.4, -0.2) is 86.2 Å². The molecule has 12 heteroatoms. The number of hydrogen-bond donors (Lipinski definition) is 1. The predicted octanol–water partition coefficient (Wildman–Crippen LogP) is 3.85. The summed E-state index contributed by atoms with van der Waals surface area (Å²) in [6.45, 7) is 14.1. The largest absolute Gasteiger partial charge is 0.458 e. The molecule has 5 rings (SSSR count). The first-order chi connectivity index (χ1) is 21.5. The maximum absolute atomic E-state index is 13.2. The molecule has 2 aromatic rings. The van der Waals surface area contributed by atoms with Gasteiger partial charge in [-0.1, -0.05) is 6.07 Å². The molecule has 12 nitrogen and oxygen atoms in total. The maximum Gasteiger partial charge on any atom is 0.411 e. The van der Waals surface area contributed by atoms with Gasteiger partial charge in [-0.3, -0.25) is 28.9 Å². The lowest BCUT2D eigenvalue weighted by Crippen LogP contribution is -2.54. The third-order valence-corrected chi connectivity index (χ3v) is 9.23. The molecule has 1 aromatic carbocycles. The lowest BCUT2D eigenvalue weighted by atomic mass is 9.87. The number of rotatable bonds is 5. The number of ether oxygens (including phenoxy) is 2. The topological polar surface area (TPSA) is 132 Å². The van der Waals surface area contributed by atoms with E-state index in [4.69, 9.17) is 9.47 Å². The third kappa shape index (κ3) is 7.48. The molecule has 3 aliphatic rings. The van der Waals surface area contributed by atoms with Crippen LogP contribution < -0.4 is 11.0 Å². The van der Waals surface area contributed by atoms with Crippen LogP contribution in [0.3, 0.4) is 0 Å². The van der Waals surface area contributed by atoms with Gasteiger partial charge in [0.2, 0.25) is 11.8 Å². The number of imide groups is 1. The Morgan fingerprint density at radius 2 is 1.57 bits per heavy atom. The van der Waals surface area contributed by atoms with Crippen molar-refractivity contribution in [3.8, 4) is 0 Å². The van der Waals surface area contributed by atoms with Crippen LogP contribution in [0.2, 0.25) is 0 Å². The Bertz CT molecular complexity index is 1550. The Hall–Kier alpha value is -3.67. The van der Waals surface area contributed by atoms with E-state index in [-0.39, 0.29) is 23.9 Å². The van der Waals surface area contributed by atoms with Gasteiger partial charge in [0.25, 0.3) is 0 Å². The molecule has 0 saturated carbocycles. The second kappa shape index (κ2) is 12.8. The van der Waals surface area contributed by atoms with E-state index in [1.165, 1.54) is 10.1 Å². The number of nitrogens with zero attached hydrogens (tertiary/aromatic N) is 4. The Balaban J connectivity index is 1.23. The van der Waals surface area contributed by atoms with Crippen LogP contribution >= 0.6 is 0 Å². The highest BCUT2D eigenvalue weighted by molar-refractivity contribution is 6.00. The van der Waals surface area contributed by atoms with Crippen molar-refractivity contribution >= 4 is 34.9 Å². The van der Waals surface area contributed by atoms with Gasteiger partial charge in [0, 0.05) is 26.6 Å². The minimum Gasteiger partial charge on any atom is -0.458 e. The minimum absolute atomic E-state index is 0.209. The number of hydrogen-bond acceptors (Lipinski definition) is 8. The fourth-order valence-electron chi connectivity index (χ4n) is 7.01. The third-order valence-electron chi connectivity index (χ3n) is 9.23. The summed E-state index contributed by atoms with van der Waals surface area (Å²) in [5.74, 6) is -0.561. The van der Waals surface area contributed by atoms with Crippen LogP contribution in [0.25, 0.3) is 11.0 Å². The van der Waals surface area contributed by atoms with Gasteiger partial charge >= 0.3 is 17.8 Å². The highest BCUT2D eigenvalue weighted by Gasteiger charge is 2.41. The summed E-state index contributed by atoms with van der Waals surface area (Å²) in [7, 11) is 1.72. The van der Waals surface area contributed by atoms with Gasteiger partial charge in [0.1, 0.15) is 23.3 Å². The molecule has 1 N–H and O–H groups in total. The summed E-state index contributed by atoms with van der Waals surface area (Å²) in [4.78, 5) is 67.7. The number of aryl methyl sites for hydroxylation is 1.